The fraction of sp³-hybridized carbons (Fsp3) is 0.786. The van der Waals surface area contributed by atoms with Crippen molar-refractivity contribution in [2.75, 3.05) is 13.1 Å². The summed E-state index contributed by atoms with van der Waals surface area (Å²) in [5.41, 5.74) is 0. The average molecular weight is 317 g/mol. The molecule has 1 aromatic rings. The standard InChI is InChI=1S/C14H24N4O2.ClH/c1-2-5-12-17-14(20-18-12)8-3-7-13(19)16-11-6-4-9-15-10-11;/h11,15H,2-10H2,1H3,(H,16,19);1H. The summed E-state index contributed by atoms with van der Waals surface area (Å²) < 4.78 is 5.15. The number of aryl methyl sites for hydroxylation is 2. The van der Waals surface area contributed by atoms with E-state index >= 15 is 0 Å². The molecule has 1 fully saturated rings. The van der Waals surface area contributed by atoms with Gasteiger partial charge in [0.15, 0.2) is 5.82 Å². The summed E-state index contributed by atoms with van der Waals surface area (Å²) in [6, 6.07) is 0.288. The van der Waals surface area contributed by atoms with Crippen LogP contribution in [0.4, 0.5) is 0 Å². The van der Waals surface area contributed by atoms with E-state index < -0.39 is 0 Å². The Bertz CT molecular complexity index is 419. The van der Waals surface area contributed by atoms with Gasteiger partial charge in [0.25, 0.3) is 0 Å². The average Bonchev–Trinajstić information content (AvgIpc) is 2.88. The number of hydrogen-bond donors (Lipinski definition) is 2. The van der Waals surface area contributed by atoms with Crippen molar-refractivity contribution < 1.29 is 9.32 Å². The van der Waals surface area contributed by atoms with Crippen LogP contribution in [0, 0.1) is 0 Å². The molecule has 1 unspecified atom stereocenters. The number of aromatic nitrogens is 2. The molecule has 1 aromatic heterocycles. The molecular weight excluding hydrogens is 292 g/mol. The van der Waals surface area contributed by atoms with Crippen molar-refractivity contribution in [1.82, 2.24) is 20.8 Å². The van der Waals surface area contributed by atoms with Crippen LogP contribution in [0.3, 0.4) is 0 Å². The Morgan fingerprint density at radius 2 is 2.33 bits per heavy atom. The number of nitrogens with one attached hydrogen (secondary N) is 2. The van der Waals surface area contributed by atoms with Gasteiger partial charge in [-0.3, -0.25) is 4.79 Å². The Labute approximate surface area is 131 Å². The molecule has 0 aromatic carbocycles. The van der Waals surface area contributed by atoms with Gasteiger partial charge in [-0.15, -0.1) is 12.4 Å². The van der Waals surface area contributed by atoms with Crippen molar-refractivity contribution in [3.8, 4) is 0 Å². The summed E-state index contributed by atoms with van der Waals surface area (Å²) in [6.45, 7) is 4.03. The van der Waals surface area contributed by atoms with Crippen LogP contribution in [0.15, 0.2) is 4.52 Å². The summed E-state index contributed by atoms with van der Waals surface area (Å²) in [5, 5.41) is 10.3. The number of rotatable bonds is 7. The monoisotopic (exact) mass is 316 g/mol. The van der Waals surface area contributed by atoms with Gasteiger partial charge >= 0.3 is 0 Å². The van der Waals surface area contributed by atoms with Crippen LogP contribution >= 0.6 is 12.4 Å². The lowest BCUT2D eigenvalue weighted by molar-refractivity contribution is -0.122. The van der Waals surface area contributed by atoms with Gasteiger partial charge in [-0.1, -0.05) is 12.1 Å². The fourth-order valence-corrected chi connectivity index (χ4v) is 2.39. The van der Waals surface area contributed by atoms with Crippen molar-refractivity contribution in [1.29, 1.82) is 0 Å². The van der Waals surface area contributed by atoms with Crippen molar-refractivity contribution in [3.63, 3.8) is 0 Å². The Morgan fingerprint density at radius 1 is 1.48 bits per heavy atom. The molecule has 0 aliphatic carbocycles. The summed E-state index contributed by atoms with van der Waals surface area (Å²) in [4.78, 5) is 16.1. The van der Waals surface area contributed by atoms with Crippen LogP contribution in [0.2, 0.25) is 0 Å². The van der Waals surface area contributed by atoms with Gasteiger partial charge in [0.2, 0.25) is 11.8 Å². The Balaban J connectivity index is 0.00000220. The summed E-state index contributed by atoms with van der Waals surface area (Å²) in [5.74, 6) is 1.52. The fourth-order valence-electron chi connectivity index (χ4n) is 2.39. The smallest absolute Gasteiger partial charge is 0.226 e. The van der Waals surface area contributed by atoms with Crippen LogP contribution in [0.25, 0.3) is 0 Å². The van der Waals surface area contributed by atoms with E-state index in [9.17, 15) is 4.79 Å². The topological polar surface area (TPSA) is 80.0 Å². The van der Waals surface area contributed by atoms with Gasteiger partial charge in [0.05, 0.1) is 0 Å². The Morgan fingerprint density at radius 3 is 3.05 bits per heavy atom. The summed E-state index contributed by atoms with van der Waals surface area (Å²) in [7, 11) is 0. The first kappa shape index (κ1) is 17.9. The predicted octanol–water partition coefficient (Wildman–Crippen LogP) is 1.63. The molecule has 2 heterocycles. The van der Waals surface area contributed by atoms with E-state index in [-0.39, 0.29) is 24.4 Å². The zero-order valence-corrected chi connectivity index (χ0v) is 13.4. The highest BCUT2D eigenvalue weighted by Gasteiger charge is 2.15. The molecule has 0 radical (unpaired) electrons. The molecule has 0 bridgehead atoms. The van der Waals surface area contributed by atoms with E-state index in [1.165, 1.54) is 0 Å². The maximum Gasteiger partial charge on any atom is 0.226 e. The molecule has 1 aliphatic rings. The minimum atomic E-state index is 0. The van der Waals surface area contributed by atoms with E-state index in [1.807, 2.05) is 0 Å². The van der Waals surface area contributed by atoms with Crippen LogP contribution in [-0.2, 0) is 17.6 Å². The van der Waals surface area contributed by atoms with E-state index in [0.717, 1.165) is 51.0 Å². The second kappa shape index (κ2) is 9.73. The first-order valence-electron chi connectivity index (χ1n) is 7.59. The third-order valence-electron chi connectivity index (χ3n) is 3.44. The molecular formula is C14H25ClN4O2. The maximum atomic E-state index is 11.8. The maximum absolute atomic E-state index is 11.8. The van der Waals surface area contributed by atoms with Crippen molar-refractivity contribution >= 4 is 18.3 Å². The molecule has 2 N–H and O–H groups in total. The highest BCUT2D eigenvalue weighted by Crippen LogP contribution is 2.06. The van der Waals surface area contributed by atoms with Gasteiger partial charge in [-0.05, 0) is 32.2 Å². The van der Waals surface area contributed by atoms with E-state index in [4.69, 9.17) is 4.52 Å². The van der Waals surface area contributed by atoms with Gasteiger partial charge in [-0.25, -0.2) is 0 Å². The highest BCUT2D eigenvalue weighted by atomic mass is 35.5. The molecule has 1 saturated heterocycles. The SMILES string of the molecule is CCCc1noc(CCCC(=O)NC2CCCNC2)n1.Cl. The highest BCUT2D eigenvalue weighted by molar-refractivity contribution is 5.85. The molecule has 0 saturated carbocycles. The number of halogens is 1. The van der Waals surface area contributed by atoms with Gasteiger partial charge in [-0.2, -0.15) is 4.98 Å². The lowest BCUT2D eigenvalue weighted by Gasteiger charge is -2.23. The lowest BCUT2D eigenvalue weighted by atomic mass is 10.1. The number of nitrogens with zero attached hydrogens (tertiary/aromatic N) is 2. The van der Waals surface area contributed by atoms with E-state index in [1.54, 1.807) is 0 Å². The molecule has 1 amide bonds. The molecule has 21 heavy (non-hydrogen) atoms. The number of piperidine rings is 1. The van der Waals surface area contributed by atoms with Gasteiger partial charge in [0.1, 0.15) is 0 Å². The zero-order valence-electron chi connectivity index (χ0n) is 12.6. The molecule has 120 valence electrons. The quantitative estimate of drug-likeness (QED) is 0.799. The van der Waals surface area contributed by atoms with Crippen molar-refractivity contribution in [3.05, 3.63) is 11.7 Å². The molecule has 0 spiro atoms. The second-order valence-corrected chi connectivity index (χ2v) is 5.32. The number of amides is 1. The summed E-state index contributed by atoms with van der Waals surface area (Å²) in [6.07, 6.45) is 6.00. The summed E-state index contributed by atoms with van der Waals surface area (Å²) >= 11 is 0. The number of hydrogen-bond acceptors (Lipinski definition) is 5. The molecule has 6 nitrogen and oxygen atoms in total. The molecule has 1 atom stereocenters. The third kappa shape index (κ3) is 6.44. The van der Waals surface area contributed by atoms with Crippen LogP contribution in [0.5, 0.6) is 0 Å². The first-order chi connectivity index (χ1) is 9.78. The van der Waals surface area contributed by atoms with Gasteiger partial charge in [0, 0.05) is 31.8 Å². The lowest BCUT2D eigenvalue weighted by Crippen LogP contribution is -2.45. The van der Waals surface area contributed by atoms with Crippen molar-refractivity contribution in [2.45, 2.75) is 57.9 Å². The van der Waals surface area contributed by atoms with Crippen LogP contribution in [-0.4, -0.2) is 35.2 Å². The minimum absolute atomic E-state index is 0. The predicted molar refractivity (Wildman–Crippen MR) is 82.5 cm³/mol. The van der Waals surface area contributed by atoms with Crippen molar-refractivity contribution in [2.24, 2.45) is 0 Å². The number of carbonyl (C=O) groups is 1. The van der Waals surface area contributed by atoms with Crippen LogP contribution in [0.1, 0.15) is 50.7 Å². The second-order valence-electron chi connectivity index (χ2n) is 5.32. The van der Waals surface area contributed by atoms with Crippen LogP contribution < -0.4 is 10.6 Å². The zero-order chi connectivity index (χ0) is 14.2. The molecule has 1 aliphatic heterocycles. The normalized spacial score (nSPS) is 18.0. The minimum Gasteiger partial charge on any atom is -0.352 e. The van der Waals surface area contributed by atoms with E-state index in [0.29, 0.717) is 18.7 Å². The van der Waals surface area contributed by atoms with E-state index in [2.05, 4.69) is 27.7 Å². The molecule has 2 rings (SSSR count). The largest absolute Gasteiger partial charge is 0.352 e. The molecule has 7 heteroatoms. The third-order valence-corrected chi connectivity index (χ3v) is 3.44. The first-order valence-corrected chi connectivity index (χ1v) is 7.59. The Kier molecular flexibility index (Phi) is 8.30. The Hall–Kier alpha value is -1.14. The van der Waals surface area contributed by atoms with Gasteiger partial charge < -0.3 is 15.2 Å². The number of carbonyl (C=O) groups excluding carboxylic acids is 1.